The van der Waals surface area contributed by atoms with Gasteiger partial charge in [-0.05, 0) is 32.4 Å². The van der Waals surface area contributed by atoms with Crippen molar-refractivity contribution in [2.24, 2.45) is 0 Å². The molecule has 0 atom stereocenters. The fourth-order valence-corrected chi connectivity index (χ4v) is 1.89. The number of unbranched alkanes of at least 4 members (excludes halogenated alkanes) is 2. The van der Waals surface area contributed by atoms with Gasteiger partial charge in [-0.25, -0.2) is 4.98 Å². The monoisotopic (exact) mass is 235 g/mol. The minimum atomic E-state index is 0.492. The lowest BCUT2D eigenvalue weighted by atomic mass is 10.2. The van der Waals surface area contributed by atoms with E-state index in [0.717, 1.165) is 18.2 Å². The van der Waals surface area contributed by atoms with Crippen LogP contribution in [0.15, 0.2) is 18.2 Å². The van der Waals surface area contributed by atoms with Crippen LogP contribution in [-0.4, -0.2) is 24.6 Å². The predicted molar refractivity (Wildman–Crippen MR) is 75.8 cm³/mol. The molecule has 0 amide bonds. The summed E-state index contributed by atoms with van der Waals surface area (Å²) in [5.41, 5.74) is 0. The zero-order valence-corrected chi connectivity index (χ0v) is 11.5. The Morgan fingerprint density at radius 1 is 1.29 bits per heavy atom. The van der Waals surface area contributed by atoms with Gasteiger partial charge in [-0.15, -0.1) is 0 Å². The van der Waals surface area contributed by atoms with Gasteiger partial charge in [-0.3, -0.25) is 0 Å². The molecule has 1 N–H and O–H groups in total. The molecule has 0 aliphatic heterocycles. The van der Waals surface area contributed by atoms with E-state index in [1.54, 1.807) is 0 Å². The third-order valence-electron chi connectivity index (χ3n) is 2.91. The van der Waals surface area contributed by atoms with Crippen molar-refractivity contribution in [3.8, 4) is 0 Å². The summed E-state index contributed by atoms with van der Waals surface area (Å²) < 4.78 is 0. The Morgan fingerprint density at radius 2 is 2.06 bits per heavy atom. The Bertz CT molecular complexity index is 323. The Balaban J connectivity index is 2.74. The van der Waals surface area contributed by atoms with Crippen LogP contribution in [0.3, 0.4) is 0 Å². The van der Waals surface area contributed by atoms with Crippen molar-refractivity contribution >= 4 is 11.6 Å². The van der Waals surface area contributed by atoms with E-state index in [-0.39, 0.29) is 0 Å². The van der Waals surface area contributed by atoms with Gasteiger partial charge in [0.1, 0.15) is 11.6 Å². The van der Waals surface area contributed by atoms with Crippen LogP contribution in [0.4, 0.5) is 11.6 Å². The molecule has 3 nitrogen and oxygen atoms in total. The van der Waals surface area contributed by atoms with Crippen LogP contribution in [-0.2, 0) is 0 Å². The van der Waals surface area contributed by atoms with Crippen molar-refractivity contribution < 1.29 is 0 Å². The number of pyridine rings is 1. The van der Waals surface area contributed by atoms with Gasteiger partial charge in [-0.1, -0.05) is 25.8 Å². The Kier molecular flexibility index (Phi) is 5.81. The van der Waals surface area contributed by atoms with Crippen LogP contribution < -0.4 is 10.2 Å². The zero-order chi connectivity index (χ0) is 12.7. The maximum absolute atomic E-state index is 4.61. The Labute approximate surface area is 105 Å². The minimum Gasteiger partial charge on any atom is -0.373 e. The molecule has 0 bridgehead atoms. The van der Waals surface area contributed by atoms with Gasteiger partial charge in [0.05, 0.1) is 0 Å². The van der Waals surface area contributed by atoms with E-state index in [1.165, 1.54) is 19.3 Å². The predicted octanol–water partition coefficient (Wildman–Crippen LogP) is 3.53. The first kappa shape index (κ1) is 13.8. The summed E-state index contributed by atoms with van der Waals surface area (Å²) in [4.78, 5) is 6.98. The average molecular weight is 235 g/mol. The number of hydrogen-bond acceptors (Lipinski definition) is 3. The summed E-state index contributed by atoms with van der Waals surface area (Å²) in [5, 5.41) is 3.09. The molecule has 1 aromatic rings. The third-order valence-corrected chi connectivity index (χ3v) is 2.91. The smallest absolute Gasteiger partial charge is 0.131 e. The molecular formula is C14H25N3. The fraction of sp³-hybridized carbons (Fsp3) is 0.643. The summed E-state index contributed by atoms with van der Waals surface area (Å²) in [6.45, 7) is 7.77. The maximum atomic E-state index is 4.61. The highest BCUT2D eigenvalue weighted by atomic mass is 15.2. The molecule has 0 saturated heterocycles. The second-order valence-corrected chi connectivity index (χ2v) is 4.63. The maximum Gasteiger partial charge on any atom is 0.131 e. The van der Waals surface area contributed by atoms with Crippen LogP contribution in [0, 0.1) is 0 Å². The number of nitrogens with zero attached hydrogens (tertiary/aromatic N) is 2. The summed E-state index contributed by atoms with van der Waals surface area (Å²) in [6, 6.07) is 6.64. The van der Waals surface area contributed by atoms with Crippen molar-refractivity contribution in [2.45, 2.75) is 46.1 Å². The average Bonchev–Trinajstić information content (AvgIpc) is 2.34. The number of hydrogen-bond donors (Lipinski definition) is 1. The highest BCUT2D eigenvalue weighted by Crippen LogP contribution is 2.17. The molecule has 3 heteroatoms. The summed E-state index contributed by atoms with van der Waals surface area (Å²) in [6.07, 6.45) is 3.78. The molecule has 17 heavy (non-hydrogen) atoms. The number of aromatic nitrogens is 1. The van der Waals surface area contributed by atoms with E-state index in [4.69, 9.17) is 0 Å². The lowest BCUT2D eigenvalue weighted by Gasteiger charge is -2.28. The van der Waals surface area contributed by atoms with Crippen LogP contribution in [0.5, 0.6) is 0 Å². The quantitative estimate of drug-likeness (QED) is 0.733. The number of anilines is 2. The summed E-state index contributed by atoms with van der Waals surface area (Å²) in [7, 11) is 1.91. The first-order chi connectivity index (χ1) is 8.19. The van der Waals surface area contributed by atoms with Crippen molar-refractivity contribution in [1.82, 2.24) is 4.98 Å². The van der Waals surface area contributed by atoms with Crippen LogP contribution >= 0.6 is 0 Å². The largest absolute Gasteiger partial charge is 0.373 e. The van der Waals surface area contributed by atoms with Crippen LogP contribution in [0.25, 0.3) is 0 Å². The molecule has 1 aromatic heterocycles. The van der Waals surface area contributed by atoms with E-state index in [2.05, 4.69) is 48.1 Å². The van der Waals surface area contributed by atoms with Gasteiger partial charge in [0.15, 0.2) is 0 Å². The van der Waals surface area contributed by atoms with Crippen molar-refractivity contribution in [3.05, 3.63) is 18.2 Å². The molecule has 96 valence electrons. The Hall–Kier alpha value is -1.25. The van der Waals surface area contributed by atoms with Gasteiger partial charge in [-0.2, -0.15) is 0 Å². The standard InChI is InChI=1S/C14H25N3/c1-5-6-7-11-17(12(2)3)14-10-8-9-13(15-4)16-14/h8-10,12H,5-7,11H2,1-4H3,(H,15,16). The minimum absolute atomic E-state index is 0.492. The van der Waals surface area contributed by atoms with Gasteiger partial charge in [0.2, 0.25) is 0 Å². The van der Waals surface area contributed by atoms with E-state index < -0.39 is 0 Å². The van der Waals surface area contributed by atoms with Gasteiger partial charge in [0, 0.05) is 19.6 Å². The third kappa shape index (κ3) is 4.25. The molecule has 0 unspecified atom stereocenters. The highest BCUT2D eigenvalue weighted by molar-refractivity contribution is 5.47. The van der Waals surface area contributed by atoms with E-state index in [0.29, 0.717) is 6.04 Å². The number of nitrogens with one attached hydrogen (secondary N) is 1. The molecule has 0 saturated carbocycles. The van der Waals surface area contributed by atoms with E-state index >= 15 is 0 Å². The van der Waals surface area contributed by atoms with E-state index in [1.807, 2.05) is 13.1 Å². The lowest BCUT2D eigenvalue weighted by molar-refractivity contribution is 0.620. The molecule has 1 rings (SSSR count). The fourth-order valence-electron chi connectivity index (χ4n) is 1.89. The first-order valence-corrected chi connectivity index (χ1v) is 6.60. The summed E-state index contributed by atoms with van der Waals surface area (Å²) >= 11 is 0. The second-order valence-electron chi connectivity index (χ2n) is 4.63. The topological polar surface area (TPSA) is 28.2 Å². The molecule has 0 aliphatic rings. The van der Waals surface area contributed by atoms with Crippen LogP contribution in [0.2, 0.25) is 0 Å². The SMILES string of the molecule is CCCCCN(c1cccc(NC)n1)C(C)C. The van der Waals surface area contributed by atoms with Crippen molar-refractivity contribution in [2.75, 3.05) is 23.8 Å². The lowest BCUT2D eigenvalue weighted by Crippen LogP contribution is -2.32. The molecule has 0 radical (unpaired) electrons. The second kappa shape index (κ2) is 7.15. The molecule has 0 aromatic carbocycles. The van der Waals surface area contributed by atoms with E-state index in [9.17, 15) is 0 Å². The molecule has 0 aliphatic carbocycles. The first-order valence-electron chi connectivity index (χ1n) is 6.60. The molecule has 0 fully saturated rings. The van der Waals surface area contributed by atoms with Gasteiger partial charge in [0.25, 0.3) is 0 Å². The van der Waals surface area contributed by atoms with Gasteiger partial charge >= 0.3 is 0 Å². The normalized spacial score (nSPS) is 10.6. The molecule has 0 spiro atoms. The molecule has 1 heterocycles. The van der Waals surface area contributed by atoms with Crippen molar-refractivity contribution in [3.63, 3.8) is 0 Å². The Morgan fingerprint density at radius 3 is 2.65 bits per heavy atom. The van der Waals surface area contributed by atoms with Gasteiger partial charge < -0.3 is 10.2 Å². The van der Waals surface area contributed by atoms with Crippen LogP contribution in [0.1, 0.15) is 40.0 Å². The highest BCUT2D eigenvalue weighted by Gasteiger charge is 2.11. The van der Waals surface area contributed by atoms with Crippen molar-refractivity contribution in [1.29, 1.82) is 0 Å². The summed E-state index contributed by atoms with van der Waals surface area (Å²) in [5.74, 6) is 2.01. The number of rotatable bonds is 7. The zero-order valence-electron chi connectivity index (χ0n) is 11.5. The molecular weight excluding hydrogens is 210 g/mol.